The third-order valence-electron chi connectivity index (χ3n) is 2.78. The predicted molar refractivity (Wildman–Crippen MR) is 75.1 cm³/mol. The SMILES string of the molecule is C[Si](C)Oc1cc2cc(C(C)(C)C)ccc2[nH]1. The average molecular weight is 246 g/mol. The second-order valence-corrected chi connectivity index (χ2v) is 7.72. The van der Waals surface area contributed by atoms with E-state index >= 15 is 0 Å². The van der Waals surface area contributed by atoms with Crippen molar-refractivity contribution in [3.8, 4) is 5.88 Å². The number of nitrogens with one attached hydrogen (secondary N) is 1. The van der Waals surface area contributed by atoms with Crippen molar-refractivity contribution >= 4 is 19.9 Å². The van der Waals surface area contributed by atoms with E-state index in [9.17, 15) is 0 Å². The van der Waals surface area contributed by atoms with E-state index in [2.05, 4.69) is 63.1 Å². The van der Waals surface area contributed by atoms with Gasteiger partial charge in [-0.3, -0.25) is 0 Å². The highest BCUT2D eigenvalue weighted by Gasteiger charge is 2.14. The molecule has 0 unspecified atom stereocenters. The second kappa shape index (κ2) is 4.22. The monoisotopic (exact) mass is 246 g/mol. The molecule has 0 aliphatic carbocycles. The maximum atomic E-state index is 5.77. The van der Waals surface area contributed by atoms with Gasteiger partial charge in [0.05, 0.1) is 0 Å². The Bertz CT molecular complexity index is 522. The van der Waals surface area contributed by atoms with Gasteiger partial charge < -0.3 is 9.41 Å². The zero-order chi connectivity index (χ0) is 12.6. The molecule has 1 N–H and O–H groups in total. The lowest BCUT2D eigenvalue weighted by Crippen LogP contribution is -2.11. The van der Waals surface area contributed by atoms with E-state index in [0.29, 0.717) is 0 Å². The van der Waals surface area contributed by atoms with Crippen LogP contribution in [0.3, 0.4) is 0 Å². The molecule has 3 heteroatoms. The Morgan fingerprint density at radius 1 is 1.12 bits per heavy atom. The van der Waals surface area contributed by atoms with Crippen molar-refractivity contribution in [3.05, 3.63) is 29.8 Å². The quantitative estimate of drug-likeness (QED) is 0.793. The van der Waals surface area contributed by atoms with Crippen molar-refractivity contribution in [2.24, 2.45) is 0 Å². The molecule has 0 saturated carbocycles. The highest BCUT2D eigenvalue weighted by Crippen LogP contribution is 2.28. The molecular weight excluding hydrogens is 226 g/mol. The van der Waals surface area contributed by atoms with E-state index in [4.69, 9.17) is 4.43 Å². The normalized spacial score (nSPS) is 12.4. The molecule has 1 radical (unpaired) electrons. The van der Waals surface area contributed by atoms with Gasteiger partial charge in [0, 0.05) is 17.0 Å². The number of H-pyrrole nitrogens is 1. The van der Waals surface area contributed by atoms with Crippen molar-refractivity contribution in [3.63, 3.8) is 0 Å². The van der Waals surface area contributed by atoms with Crippen molar-refractivity contribution in [1.82, 2.24) is 4.98 Å². The van der Waals surface area contributed by atoms with Crippen LogP contribution in [0.1, 0.15) is 26.3 Å². The third kappa shape index (κ3) is 2.72. The first-order chi connectivity index (χ1) is 7.86. The van der Waals surface area contributed by atoms with Crippen LogP contribution < -0.4 is 4.43 Å². The zero-order valence-corrected chi connectivity index (χ0v) is 12.2. The molecule has 91 valence electrons. The summed E-state index contributed by atoms with van der Waals surface area (Å²) in [5, 5.41) is 1.23. The molecule has 0 atom stereocenters. The summed E-state index contributed by atoms with van der Waals surface area (Å²) >= 11 is 0. The molecule has 1 aromatic carbocycles. The number of hydrogen-bond donors (Lipinski definition) is 1. The minimum atomic E-state index is -0.703. The van der Waals surface area contributed by atoms with Crippen LogP contribution in [0.5, 0.6) is 5.88 Å². The van der Waals surface area contributed by atoms with Crippen LogP contribution >= 0.6 is 0 Å². The summed E-state index contributed by atoms with van der Waals surface area (Å²) in [6, 6.07) is 8.67. The molecule has 0 fully saturated rings. The van der Waals surface area contributed by atoms with Gasteiger partial charge in [0.2, 0.25) is 0 Å². The fraction of sp³-hybridized carbons (Fsp3) is 0.429. The van der Waals surface area contributed by atoms with E-state index in [1.807, 2.05) is 0 Å². The molecular formula is C14H20NOSi. The lowest BCUT2D eigenvalue weighted by atomic mass is 9.86. The lowest BCUT2D eigenvalue weighted by Gasteiger charge is -2.18. The van der Waals surface area contributed by atoms with Gasteiger partial charge in [0.25, 0.3) is 9.04 Å². The fourth-order valence-corrected chi connectivity index (χ4v) is 2.40. The Labute approximate surface area is 105 Å². The fourth-order valence-electron chi connectivity index (χ4n) is 1.85. The minimum Gasteiger partial charge on any atom is -0.531 e. The molecule has 0 amide bonds. The zero-order valence-electron chi connectivity index (χ0n) is 11.2. The topological polar surface area (TPSA) is 25.0 Å². The molecule has 0 spiro atoms. The van der Waals surface area contributed by atoms with Gasteiger partial charge in [-0.15, -0.1) is 0 Å². The molecule has 1 heterocycles. The number of aromatic amines is 1. The van der Waals surface area contributed by atoms with Gasteiger partial charge in [0.15, 0.2) is 5.88 Å². The molecule has 0 aliphatic rings. The van der Waals surface area contributed by atoms with Gasteiger partial charge in [-0.1, -0.05) is 26.8 Å². The molecule has 2 nitrogen and oxygen atoms in total. The summed E-state index contributed by atoms with van der Waals surface area (Å²) in [5.41, 5.74) is 2.70. The number of aromatic nitrogens is 1. The number of hydrogen-bond acceptors (Lipinski definition) is 1. The van der Waals surface area contributed by atoms with Gasteiger partial charge in [-0.25, -0.2) is 0 Å². The van der Waals surface area contributed by atoms with Crippen molar-refractivity contribution in [1.29, 1.82) is 0 Å². The van der Waals surface area contributed by atoms with Crippen LogP contribution in [0.4, 0.5) is 0 Å². The van der Waals surface area contributed by atoms with E-state index in [1.165, 1.54) is 10.9 Å². The molecule has 1 aromatic heterocycles. The summed E-state index contributed by atoms with van der Waals surface area (Å²) in [5.74, 6) is 0.893. The Morgan fingerprint density at radius 3 is 2.41 bits per heavy atom. The number of rotatable bonds is 2. The number of benzene rings is 1. The van der Waals surface area contributed by atoms with Crippen LogP contribution in [0.15, 0.2) is 24.3 Å². The Morgan fingerprint density at radius 2 is 1.82 bits per heavy atom. The highest BCUT2D eigenvalue weighted by atomic mass is 28.3. The summed E-state index contributed by atoms with van der Waals surface area (Å²) in [6.07, 6.45) is 0. The van der Waals surface area contributed by atoms with Crippen LogP contribution in [0.25, 0.3) is 10.9 Å². The van der Waals surface area contributed by atoms with Crippen LogP contribution in [-0.4, -0.2) is 14.0 Å². The Hall–Kier alpha value is -1.22. The molecule has 2 aromatic rings. The smallest absolute Gasteiger partial charge is 0.276 e. The molecule has 0 bridgehead atoms. The minimum absolute atomic E-state index is 0.191. The first kappa shape index (κ1) is 12.2. The van der Waals surface area contributed by atoms with Crippen molar-refractivity contribution in [2.45, 2.75) is 39.3 Å². The number of fused-ring (bicyclic) bond motifs is 1. The summed E-state index contributed by atoms with van der Waals surface area (Å²) in [6.45, 7) is 11.0. The van der Waals surface area contributed by atoms with Gasteiger partial charge in [-0.05, 0) is 36.2 Å². The maximum Gasteiger partial charge on any atom is 0.276 e. The summed E-state index contributed by atoms with van der Waals surface area (Å²) in [4.78, 5) is 3.31. The standard InChI is InChI=1S/C14H20NOSi/c1-14(2,3)11-6-7-12-10(8-11)9-13(15-12)16-17(4)5/h6-9,15H,1-5H3. The van der Waals surface area contributed by atoms with Crippen molar-refractivity contribution in [2.75, 3.05) is 0 Å². The molecule has 17 heavy (non-hydrogen) atoms. The van der Waals surface area contributed by atoms with E-state index in [-0.39, 0.29) is 5.41 Å². The Balaban J connectivity index is 2.41. The van der Waals surface area contributed by atoms with Crippen LogP contribution in [-0.2, 0) is 5.41 Å². The van der Waals surface area contributed by atoms with Gasteiger partial charge >= 0.3 is 0 Å². The first-order valence-corrected chi connectivity index (χ1v) is 8.38. The van der Waals surface area contributed by atoms with Crippen LogP contribution in [0, 0.1) is 0 Å². The Kier molecular flexibility index (Phi) is 3.04. The first-order valence-electron chi connectivity index (χ1n) is 5.97. The molecule has 2 rings (SSSR count). The largest absolute Gasteiger partial charge is 0.531 e. The van der Waals surface area contributed by atoms with Gasteiger partial charge in [-0.2, -0.15) is 0 Å². The van der Waals surface area contributed by atoms with E-state index < -0.39 is 9.04 Å². The second-order valence-electron chi connectivity index (χ2n) is 5.70. The van der Waals surface area contributed by atoms with Gasteiger partial charge in [0.1, 0.15) is 0 Å². The van der Waals surface area contributed by atoms with E-state index in [0.717, 1.165) is 11.4 Å². The predicted octanol–water partition coefficient (Wildman–Crippen LogP) is 4.10. The van der Waals surface area contributed by atoms with Crippen molar-refractivity contribution < 1.29 is 4.43 Å². The molecule has 0 aliphatic heterocycles. The average Bonchev–Trinajstić information content (AvgIpc) is 2.55. The molecule has 0 saturated heterocycles. The third-order valence-corrected chi connectivity index (χ3v) is 3.40. The highest BCUT2D eigenvalue weighted by molar-refractivity contribution is 6.49. The van der Waals surface area contributed by atoms with Crippen LogP contribution in [0.2, 0.25) is 13.1 Å². The maximum absolute atomic E-state index is 5.77. The van der Waals surface area contributed by atoms with E-state index in [1.54, 1.807) is 0 Å². The lowest BCUT2D eigenvalue weighted by molar-refractivity contribution is 0.562. The summed E-state index contributed by atoms with van der Waals surface area (Å²) in [7, 11) is -0.703. The summed E-state index contributed by atoms with van der Waals surface area (Å²) < 4.78 is 5.77.